The summed E-state index contributed by atoms with van der Waals surface area (Å²) in [5, 5.41) is 5.40. The van der Waals surface area contributed by atoms with Crippen molar-refractivity contribution in [3.8, 4) is 0 Å². The molecule has 1 aromatic heterocycles. The van der Waals surface area contributed by atoms with E-state index in [-0.39, 0.29) is 36.0 Å². The van der Waals surface area contributed by atoms with Gasteiger partial charge in [0.1, 0.15) is 11.5 Å². The lowest BCUT2D eigenvalue weighted by Gasteiger charge is -2.26. The van der Waals surface area contributed by atoms with Crippen molar-refractivity contribution in [1.29, 1.82) is 0 Å². The molecule has 0 aliphatic carbocycles. The highest BCUT2D eigenvalue weighted by Crippen LogP contribution is 2.22. The third-order valence-electron chi connectivity index (χ3n) is 4.87. The van der Waals surface area contributed by atoms with Gasteiger partial charge in [0.25, 0.3) is 11.5 Å². The van der Waals surface area contributed by atoms with Crippen LogP contribution in [-0.4, -0.2) is 34.1 Å². The fourth-order valence-electron chi connectivity index (χ4n) is 3.21. The van der Waals surface area contributed by atoms with Crippen molar-refractivity contribution >= 4 is 34.7 Å². The monoisotopic (exact) mass is 412 g/mol. The van der Waals surface area contributed by atoms with E-state index in [1.54, 1.807) is 24.3 Å². The van der Waals surface area contributed by atoms with Gasteiger partial charge < -0.3 is 10.6 Å². The van der Waals surface area contributed by atoms with Crippen molar-refractivity contribution in [3.63, 3.8) is 0 Å². The number of carbonyl (C=O) groups is 2. The maximum absolute atomic E-state index is 13.1. The average Bonchev–Trinajstić information content (AvgIpc) is 2.73. The highest BCUT2D eigenvalue weighted by molar-refractivity contribution is 6.44. The molecule has 1 aromatic carbocycles. The van der Waals surface area contributed by atoms with E-state index in [0.717, 1.165) is 11.3 Å². The van der Waals surface area contributed by atoms with E-state index in [1.807, 2.05) is 13.0 Å². The third-order valence-corrected chi connectivity index (χ3v) is 4.87. The Morgan fingerprint density at radius 2 is 1.90 bits per heavy atom. The summed E-state index contributed by atoms with van der Waals surface area (Å²) in [6, 6.07) is 8.76. The molecule has 2 aromatic rings. The lowest BCUT2D eigenvalue weighted by atomic mass is 10.1. The van der Waals surface area contributed by atoms with Crippen molar-refractivity contribution in [2.45, 2.75) is 39.2 Å². The number of amides is 2. The summed E-state index contributed by atoms with van der Waals surface area (Å²) < 4.78 is 1.24. The summed E-state index contributed by atoms with van der Waals surface area (Å²) in [6.07, 6.45) is 1.76. The number of nitrogen functional groups attached to an aromatic ring is 1. The van der Waals surface area contributed by atoms with Crippen LogP contribution >= 0.6 is 0 Å². The van der Waals surface area contributed by atoms with E-state index in [4.69, 9.17) is 5.73 Å². The highest BCUT2D eigenvalue weighted by Gasteiger charge is 2.29. The molecule has 0 saturated carbocycles. The van der Waals surface area contributed by atoms with E-state index < -0.39 is 17.2 Å². The van der Waals surface area contributed by atoms with Gasteiger partial charge in [-0.2, -0.15) is 5.10 Å². The van der Waals surface area contributed by atoms with E-state index in [9.17, 15) is 19.2 Å². The zero-order chi connectivity index (χ0) is 21.8. The molecule has 2 heterocycles. The van der Waals surface area contributed by atoms with Crippen LogP contribution in [0.1, 0.15) is 32.6 Å². The zero-order valence-corrected chi connectivity index (χ0v) is 16.9. The van der Waals surface area contributed by atoms with Gasteiger partial charge in [0.05, 0.1) is 5.69 Å². The molecule has 0 radical (unpaired) electrons. The summed E-state index contributed by atoms with van der Waals surface area (Å²) >= 11 is 0. The molecular weight excluding hydrogens is 388 g/mol. The quantitative estimate of drug-likeness (QED) is 0.732. The summed E-state index contributed by atoms with van der Waals surface area (Å²) in [7, 11) is 1.39. The Labute approximate surface area is 172 Å². The number of H-pyrrole nitrogens is 1. The number of hydrazone groups is 1. The number of nitrogens with two attached hydrogens (primary N) is 1. The summed E-state index contributed by atoms with van der Waals surface area (Å²) in [6.45, 7) is 2.29. The molecule has 0 fully saturated rings. The fraction of sp³-hybridized carbons (Fsp3) is 0.350. The van der Waals surface area contributed by atoms with Crippen LogP contribution in [0.3, 0.4) is 0 Å². The number of hydrogen-bond donors (Lipinski definition) is 2. The smallest absolute Gasteiger partial charge is 0.330 e. The van der Waals surface area contributed by atoms with E-state index in [1.165, 1.54) is 16.6 Å². The third kappa shape index (κ3) is 4.02. The molecule has 0 unspecified atom stereocenters. The Morgan fingerprint density at radius 3 is 2.57 bits per heavy atom. The molecule has 1 aliphatic rings. The Hall–Kier alpha value is -3.69. The second kappa shape index (κ2) is 8.76. The summed E-state index contributed by atoms with van der Waals surface area (Å²) in [4.78, 5) is 53.1. The molecule has 10 heteroatoms. The Kier molecular flexibility index (Phi) is 6.14. The maximum Gasteiger partial charge on any atom is 0.330 e. The first-order chi connectivity index (χ1) is 14.3. The van der Waals surface area contributed by atoms with Crippen LogP contribution in [-0.2, 0) is 16.1 Å². The normalized spacial score (nSPS) is 13.9. The number of carbonyl (C=O) groups excluding carboxylic acids is 2. The van der Waals surface area contributed by atoms with Gasteiger partial charge in [-0.3, -0.25) is 23.9 Å². The van der Waals surface area contributed by atoms with Gasteiger partial charge >= 0.3 is 5.69 Å². The van der Waals surface area contributed by atoms with Gasteiger partial charge in [0.15, 0.2) is 5.69 Å². The van der Waals surface area contributed by atoms with Gasteiger partial charge in [0, 0.05) is 26.4 Å². The molecule has 10 nitrogen and oxygen atoms in total. The van der Waals surface area contributed by atoms with Crippen LogP contribution in [0, 0.1) is 0 Å². The number of rotatable bonds is 6. The number of benzene rings is 1. The molecule has 30 heavy (non-hydrogen) atoms. The van der Waals surface area contributed by atoms with Crippen LogP contribution in [0.4, 0.5) is 17.2 Å². The minimum Gasteiger partial charge on any atom is -0.383 e. The molecular formula is C20H24N6O4. The predicted octanol–water partition coefficient (Wildman–Crippen LogP) is 1.06. The number of aromatic amines is 1. The van der Waals surface area contributed by atoms with Gasteiger partial charge in [-0.15, -0.1) is 0 Å². The van der Waals surface area contributed by atoms with E-state index in [0.29, 0.717) is 18.7 Å². The van der Waals surface area contributed by atoms with Gasteiger partial charge in [0.2, 0.25) is 5.91 Å². The van der Waals surface area contributed by atoms with Crippen molar-refractivity contribution < 1.29 is 9.59 Å². The number of para-hydroxylation sites is 1. The van der Waals surface area contributed by atoms with Gasteiger partial charge in [-0.25, -0.2) is 9.80 Å². The molecule has 158 valence electrons. The van der Waals surface area contributed by atoms with Crippen molar-refractivity contribution in [2.24, 2.45) is 5.10 Å². The first kappa shape index (κ1) is 21.0. The average molecular weight is 412 g/mol. The number of nitrogens with zero attached hydrogens (tertiary/aromatic N) is 4. The van der Waals surface area contributed by atoms with Crippen molar-refractivity contribution in [1.82, 2.24) is 9.55 Å². The first-order valence-corrected chi connectivity index (χ1v) is 9.71. The minimum absolute atomic E-state index is 0.0829. The minimum atomic E-state index is -0.756. The molecule has 0 saturated heterocycles. The zero-order valence-electron chi connectivity index (χ0n) is 16.9. The number of nitrogens with one attached hydrogen (secondary N) is 1. The SMILES string of the molecule is CCCCn1c(N)c(N(C)C(=O)C2=NN(c3ccccc3)C(=O)CC2)c(=O)[nH]c1=O. The van der Waals surface area contributed by atoms with Crippen LogP contribution in [0.5, 0.6) is 0 Å². The molecule has 2 amide bonds. The summed E-state index contributed by atoms with van der Waals surface area (Å²) in [5.41, 5.74) is 5.24. The highest BCUT2D eigenvalue weighted by atomic mass is 16.2. The number of hydrogen-bond acceptors (Lipinski definition) is 6. The Bertz CT molecular complexity index is 1100. The Morgan fingerprint density at radius 1 is 1.20 bits per heavy atom. The standard InChI is InChI=1S/C20H24N6O4/c1-3-4-12-25-17(21)16(18(28)22-20(25)30)24(2)19(29)14-10-11-15(27)26(23-14)13-8-6-5-7-9-13/h5-9H,3-4,10-12,21H2,1-2H3,(H,22,28,30). The number of unbranched alkanes of at least 4 members (excludes halogenated alkanes) is 1. The molecule has 1 aliphatic heterocycles. The second-order valence-corrected chi connectivity index (χ2v) is 6.95. The van der Waals surface area contributed by atoms with Crippen LogP contribution in [0.2, 0.25) is 0 Å². The van der Waals surface area contributed by atoms with Gasteiger partial charge in [-0.05, 0) is 18.6 Å². The van der Waals surface area contributed by atoms with E-state index >= 15 is 0 Å². The van der Waals surface area contributed by atoms with Crippen LogP contribution in [0.15, 0.2) is 45.0 Å². The molecule has 3 rings (SSSR count). The molecule has 3 N–H and O–H groups in total. The van der Waals surface area contributed by atoms with Gasteiger partial charge in [-0.1, -0.05) is 31.5 Å². The fourth-order valence-corrected chi connectivity index (χ4v) is 3.21. The lowest BCUT2D eigenvalue weighted by Crippen LogP contribution is -2.44. The lowest BCUT2D eigenvalue weighted by molar-refractivity contribution is -0.118. The number of aromatic nitrogens is 2. The molecule has 0 atom stereocenters. The topological polar surface area (TPSA) is 134 Å². The van der Waals surface area contributed by atoms with Crippen molar-refractivity contribution in [2.75, 3.05) is 22.7 Å². The summed E-state index contributed by atoms with van der Waals surface area (Å²) in [5.74, 6) is -0.882. The predicted molar refractivity (Wildman–Crippen MR) is 115 cm³/mol. The first-order valence-electron chi connectivity index (χ1n) is 9.71. The second-order valence-electron chi connectivity index (χ2n) is 6.95. The number of anilines is 3. The van der Waals surface area contributed by atoms with Crippen LogP contribution < -0.4 is 26.9 Å². The van der Waals surface area contributed by atoms with Crippen molar-refractivity contribution in [3.05, 3.63) is 51.2 Å². The van der Waals surface area contributed by atoms with E-state index in [2.05, 4.69) is 10.1 Å². The van der Waals surface area contributed by atoms with Crippen LogP contribution in [0.25, 0.3) is 0 Å². The molecule has 0 spiro atoms. The Balaban J connectivity index is 1.97. The maximum atomic E-state index is 13.1. The largest absolute Gasteiger partial charge is 0.383 e. The molecule has 0 bridgehead atoms.